The molecule has 0 fully saturated rings. The number of aromatic nitrogens is 2. The van der Waals surface area contributed by atoms with Crippen LogP contribution in [-0.2, 0) is 6.42 Å². The van der Waals surface area contributed by atoms with Gasteiger partial charge < -0.3 is 10.8 Å². The number of hydrogen-bond acceptors (Lipinski definition) is 4. The highest BCUT2D eigenvalue weighted by molar-refractivity contribution is 5.04. The molecule has 0 amide bonds. The summed E-state index contributed by atoms with van der Waals surface area (Å²) < 4.78 is 0. The molecule has 0 bridgehead atoms. The Kier molecular flexibility index (Phi) is 3.98. The van der Waals surface area contributed by atoms with E-state index >= 15 is 0 Å². The van der Waals surface area contributed by atoms with Crippen LogP contribution in [0.15, 0.2) is 12.3 Å². The summed E-state index contributed by atoms with van der Waals surface area (Å²) >= 11 is 0. The zero-order chi connectivity index (χ0) is 10.6. The topological polar surface area (TPSA) is 72.0 Å². The molecular weight excluding hydrogens is 178 g/mol. The molecule has 0 saturated carbocycles. The third kappa shape index (κ3) is 3.05. The normalized spacial score (nSPS) is 13.2. The second kappa shape index (κ2) is 5.02. The highest BCUT2D eigenvalue weighted by Gasteiger charge is 2.09. The zero-order valence-electron chi connectivity index (χ0n) is 8.64. The second-order valence-corrected chi connectivity index (χ2v) is 3.76. The molecule has 0 saturated heterocycles. The molecule has 1 rings (SSSR count). The molecule has 78 valence electrons. The van der Waals surface area contributed by atoms with E-state index in [1.54, 1.807) is 6.20 Å². The minimum absolute atomic E-state index is 0.158. The number of aliphatic hydroxyl groups is 1. The lowest BCUT2D eigenvalue weighted by Crippen LogP contribution is -2.15. The third-order valence-electron chi connectivity index (χ3n) is 1.87. The molecule has 14 heavy (non-hydrogen) atoms. The van der Waals surface area contributed by atoms with Crippen molar-refractivity contribution in [2.24, 2.45) is 11.7 Å². The van der Waals surface area contributed by atoms with E-state index in [2.05, 4.69) is 23.8 Å². The first-order valence-electron chi connectivity index (χ1n) is 4.83. The van der Waals surface area contributed by atoms with E-state index in [1.165, 1.54) is 0 Å². The van der Waals surface area contributed by atoms with Crippen molar-refractivity contribution in [2.75, 3.05) is 6.54 Å². The summed E-state index contributed by atoms with van der Waals surface area (Å²) in [6, 6.07) is 1.87. The summed E-state index contributed by atoms with van der Waals surface area (Å²) in [7, 11) is 0. The summed E-state index contributed by atoms with van der Waals surface area (Å²) in [6.45, 7) is 4.41. The van der Waals surface area contributed by atoms with Gasteiger partial charge in [0.25, 0.3) is 0 Å². The predicted octanol–water partition coefficient (Wildman–Crippen LogP) is 0.667. The van der Waals surface area contributed by atoms with Gasteiger partial charge in [0.15, 0.2) is 5.82 Å². The summed E-state index contributed by atoms with van der Waals surface area (Å²) in [5.74, 6) is 0.971. The maximum absolute atomic E-state index is 9.44. The van der Waals surface area contributed by atoms with Gasteiger partial charge in [0.1, 0.15) is 6.10 Å². The van der Waals surface area contributed by atoms with Gasteiger partial charge in [-0.3, -0.25) is 0 Å². The van der Waals surface area contributed by atoms with Crippen molar-refractivity contribution in [3.63, 3.8) is 0 Å². The van der Waals surface area contributed by atoms with Crippen LogP contribution in [0.4, 0.5) is 0 Å². The van der Waals surface area contributed by atoms with Crippen molar-refractivity contribution < 1.29 is 5.11 Å². The Morgan fingerprint density at radius 2 is 2.21 bits per heavy atom. The number of nitrogens with zero attached hydrogens (tertiary/aromatic N) is 2. The molecule has 1 aromatic heterocycles. The van der Waals surface area contributed by atoms with Crippen molar-refractivity contribution in [3.05, 3.63) is 23.8 Å². The summed E-state index contributed by atoms with van der Waals surface area (Å²) in [4.78, 5) is 8.22. The molecule has 1 unspecified atom stereocenters. The predicted molar refractivity (Wildman–Crippen MR) is 54.6 cm³/mol. The maximum atomic E-state index is 9.44. The van der Waals surface area contributed by atoms with Crippen molar-refractivity contribution in [1.29, 1.82) is 0 Å². The molecule has 0 aliphatic rings. The van der Waals surface area contributed by atoms with Gasteiger partial charge in [-0.15, -0.1) is 0 Å². The Labute approximate surface area is 84.2 Å². The lowest BCUT2D eigenvalue weighted by atomic mass is 10.1. The van der Waals surface area contributed by atoms with Gasteiger partial charge in [0.2, 0.25) is 0 Å². The maximum Gasteiger partial charge on any atom is 0.158 e. The quantitative estimate of drug-likeness (QED) is 0.740. The lowest BCUT2D eigenvalue weighted by molar-refractivity contribution is 0.176. The molecular formula is C10H17N3O. The average Bonchev–Trinajstić information content (AvgIpc) is 2.16. The second-order valence-electron chi connectivity index (χ2n) is 3.76. The first kappa shape index (κ1) is 11.1. The van der Waals surface area contributed by atoms with Gasteiger partial charge in [0.05, 0.1) is 0 Å². The fraction of sp³-hybridized carbons (Fsp3) is 0.600. The van der Waals surface area contributed by atoms with E-state index in [9.17, 15) is 5.11 Å². The largest absolute Gasteiger partial charge is 0.384 e. The number of rotatable bonds is 4. The molecule has 0 spiro atoms. The van der Waals surface area contributed by atoms with Crippen molar-refractivity contribution in [2.45, 2.75) is 26.4 Å². The standard InChI is InChI=1S/C10H17N3O/c1-7(2)5-8-3-4-12-10(13-8)9(14)6-11/h3-4,7,9,14H,5-6,11H2,1-2H3. The molecule has 4 heteroatoms. The van der Waals surface area contributed by atoms with Crippen LogP contribution in [0.2, 0.25) is 0 Å². The SMILES string of the molecule is CC(C)Cc1ccnc(C(O)CN)n1. The third-order valence-corrected chi connectivity index (χ3v) is 1.87. The fourth-order valence-electron chi connectivity index (χ4n) is 1.21. The molecule has 0 aliphatic carbocycles. The van der Waals surface area contributed by atoms with Crippen LogP contribution in [0.5, 0.6) is 0 Å². The highest BCUT2D eigenvalue weighted by Crippen LogP contribution is 2.08. The monoisotopic (exact) mass is 195 g/mol. The van der Waals surface area contributed by atoms with Crippen LogP contribution in [0, 0.1) is 5.92 Å². The summed E-state index contributed by atoms with van der Waals surface area (Å²) in [6.07, 6.45) is 1.81. The molecule has 0 aromatic carbocycles. The van der Waals surface area contributed by atoms with E-state index < -0.39 is 6.10 Å². The minimum atomic E-state index is -0.748. The highest BCUT2D eigenvalue weighted by atomic mass is 16.3. The summed E-state index contributed by atoms with van der Waals surface area (Å²) in [5, 5.41) is 9.44. The first-order valence-corrected chi connectivity index (χ1v) is 4.83. The molecule has 4 nitrogen and oxygen atoms in total. The van der Waals surface area contributed by atoms with Crippen molar-refractivity contribution in [1.82, 2.24) is 9.97 Å². The average molecular weight is 195 g/mol. The number of nitrogens with two attached hydrogens (primary N) is 1. The van der Waals surface area contributed by atoms with Gasteiger partial charge in [-0.05, 0) is 18.4 Å². The van der Waals surface area contributed by atoms with Crippen molar-refractivity contribution >= 4 is 0 Å². The molecule has 1 aromatic rings. The van der Waals surface area contributed by atoms with E-state index in [0.29, 0.717) is 11.7 Å². The first-order chi connectivity index (χ1) is 6.63. The summed E-state index contributed by atoms with van der Waals surface area (Å²) in [5.41, 5.74) is 6.28. The minimum Gasteiger partial charge on any atom is -0.384 e. The van der Waals surface area contributed by atoms with Crippen LogP contribution in [0.25, 0.3) is 0 Å². The van der Waals surface area contributed by atoms with Gasteiger partial charge in [0, 0.05) is 18.4 Å². The van der Waals surface area contributed by atoms with Crippen LogP contribution in [-0.4, -0.2) is 21.6 Å². The van der Waals surface area contributed by atoms with Gasteiger partial charge in [-0.1, -0.05) is 13.8 Å². The van der Waals surface area contributed by atoms with Crippen LogP contribution in [0.1, 0.15) is 31.5 Å². The van der Waals surface area contributed by atoms with E-state index in [-0.39, 0.29) is 6.54 Å². The van der Waals surface area contributed by atoms with E-state index in [4.69, 9.17) is 5.73 Å². The van der Waals surface area contributed by atoms with Crippen LogP contribution < -0.4 is 5.73 Å². The molecule has 0 aliphatic heterocycles. The molecule has 0 radical (unpaired) electrons. The Balaban J connectivity index is 2.78. The van der Waals surface area contributed by atoms with Crippen LogP contribution >= 0.6 is 0 Å². The fourth-order valence-corrected chi connectivity index (χ4v) is 1.21. The van der Waals surface area contributed by atoms with Crippen LogP contribution in [0.3, 0.4) is 0 Å². The molecule has 1 heterocycles. The van der Waals surface area contributed by atoms with Gasteiger partial charge >= 0.3 is 0 Å². The number of aliphatic hydroxyl groups excluding tert-OH is 1. The number of hydrogen-bond donors (Lipinski definition) is 2. The molecule has 1 atom stereocenters. The van der Waals surface area contributed by atoms with Gasteiger partial charge in [-0.2, -0.15) is 0 Å². The lowest BCUT2D eigenvalue weighted by Gasteiger charge is -2.08. The Hall–Kier alpha value is -1.00. The smallest absolute Gasteiger partial charge is 0.158 e. The Morgan fingerprint density at radius 3 is 2.79 bits per heavy atom. The zero-order valence-corrected chi connectivity index (χ0v) is 8.64. The molecule has 3 N–H and O–H groups in total. The Morgan fingerprint density at radius 1 is 1.50 bits per heavy atom. The van der Waals surface area contributed by atoms with Crippen molar-refractivity contribution in [3.8, 4) is 0 Å². The van der Waals surface area contributed by atoms with E-state index in [0.717, 1.165) is 12.1 Å². The van der Waals surface area contributed by atoms with Gasteiger partial charge in [-0.25, -0.2) is 9.97 Å². The van der Waals surface area contributed by atoms with E-state index in [1.807, 2.05) is 6.07 Å². The Bertz CT molecular complexity index is 288.